The largest absolute Gasteiger partial charge is 0.369 e. The summed E-state index contributed by atoms with van der Waals surface area (Å²) in [6.45, 7) is 6.88. The van der Waals surface area contributed by atoms with Crippen molar-refractivity contribution in [3.8, 4) is 18.0 Å². The van der Waals surface area contributed by atoms with Crippen LogP contribution in [-0.4, -0.2) is 74.1 Å². The minimum Gasteiger partial charge on any atom is -0.369 e. The maximum absolute atomic E-state index is 13.6. The molecule has 2 saturated heterocycles. The van der Waals surface area contributed by atoms with Crippen LogP contribution in [0.2, 0.25) is 0 Å². The van der Waals surface area contributed by atoms with Crippen LogP contribution in [0.3, 0.4) is 0 Å². The molecule has 13 nitrogen and oxygen atoms in total. The third-order valence-electron chi connectivity index (χ3n) is 11.7. The summed E-state index contributed by atoms with van der Waals surface area (Å²) in [5, 5.41) is 32.7. The van der Waals surface area contributed by atoms with Gasteiger partial charge in [-0.25, -0.2) is 9.97 Å². The highest BCUT2D eigenvalue weighted by atomic mass is 16.2. The summed E-state index contributed by atoms with van der Waals surface area (Å²) in [7, 11) is 0. The molecule has 1 aromatic carbocycles. The van der Waals surface area contributed by atoms with Gasteiger partial charge in [0, 0.05) is 36.3 Å². The van der Waals surface area contributed by atoms with Crippen molar-refractivity contribution < 1.29 is 14.4 Å². The number of pyridine rings is 2. The van der Waals surface area contributed by atoms with Crippen molar-refractivity contribution in [2.45, 2.75) is 95.1 Å². The molecule has 3 fully saturated rings. The van der Waals surface area contributed by atoms with Crippen molar-refractivity contribution in [1.29, 1.82) is 10.5 Å². The van der Waals surface area contributed by atoms with Crippen molar-refractivity contribution in [1.82, 2.24) is 35.3 Å². The van der Waals surface area contributed by atoms with E-state index >= 15 is 0 Å². The standard InChI is InChI=1S/C41H46N10O3/c1-26(21-42)47-35-20-36(51-38-31(24-46-51)19-28(22-43)23-45-38)44-25-34(35)39(53)48-33-9-3-27(4-10-33)12-16-50-17-13-30(14-18-50)29-5-7-32(8-6-29)41(2)15-11-37(52)49-40(41)54/h5-8,19-20,23-27,30,33H,3-4,9-18H2,1-2H3,(H,44,47)(H,48,53)(H,49,52,54)/t26-,27?,33?,41-/m1/s1. The van der Waals surface area contributed by atoms with Gasteiger partial charge >= 0.3 is 0 Å². The third-order valence-corrected chi connectivity index (χ3v) is 11.7. The predicted molar refractivity (Wildman–Crippen MR) is 202 cm³/mol. The van der Waals surface area contributed by atoms with Crippen LogP contribution in [0, 0.1) is 28.6 Å². The first-order valence-electron chi connectivity index (χ1n) is 19.0. The Morgan fingerprint density at radius 3 is 2.48 bits per heavy atom. The number of aromatic nitrogens is 4. The number of piperidine rings is 2. The molecule has 1 saturated carbocycles. The Morgan fingerprint density at radius 1 is 1.02 bits per heavy atom. The number of rotatable bonds is 10. The summed E-state index contributed by atoms with van der Waals surface area (Å²) in [4.78, 5) is 49.3. The first kappa shape index (κ1) is 36.7. The topological polar surface area (TPSA) is 182 Å². The molecular formula is C41H46N10O3. The van der Waals surface area contributed by atoms with Crippen molar-refractivity contribution >= 4 is 34.4 Å². The number of carbonyl (C=O) groups is 3. The monoisotopic (exact) mass is 726 g/mol. The van der Waals surface area contributed by atoms with E-state index in [1.54, 1.807) is 29.9 Å². The number of nitrogens with one attached hydrogen (secondary N) is 3. The van der Waals surface area contributed by atoms with Crippen molar-refractivity contribution in [3.05, 3.63) is 77.2 Å². The lowest BCUT2D eigenvalue weighted by molar-refractivity contribution is -0.137. The van der Waals surface area contributed by atoms with Crippen LogP contribution in [0.25, 0.3) is 16.9 Å². The highest BCUT2D eigenvalue weighted by Gasteiger charge is 2.40. The number of imide groups is 1. The Bertz CT molecular complexity index is 2120. The zero-order chi connectivity index (χ0) is 37.8. The molecule has 3 amide bonds. The maximum atomic E-state index is 13.6. The van der Waals surface area contributed by atoms with E-state index in [1.807, 2.05) is 6.92 Å². The second-order valence-electron chi connectivity index (χ2n) is 15.3. The molecule has 2 aliphatic heterocycles. The van der Waals surface area contributed by atoms with E-state index in [2.05, 4.69) is 72.3 Å². The number of hydrogen-bond acceptors (Lipinski definition) is 10. The number of hydrogen-bond donors (Lipinski definition) is 3. The molecule has 13 heteroatoms. The zero-order valence-corrected chi connectivity index (χ0v) is 30.8. The summed E-state index contributed by atoms with van der Waals surface area (Å²) in [5.41, 5.74) is 3.44. The molecular weight excluding hydrogens is 681 g/mol. The molecule has 0 radical (unpaired) electrons. The minimum absolute atomic E-state index is 0.0722. The maximum Gasteiger partial charge on any atom is 0.255 e. The molecule has 1 aliphatic carbocycles. The lowest BCUT2D eigenvalue weighted by Crippen LogP contribution is -2.49. The van der Waals surface area contributed by atoms with Crippen molar-refractivity contribution in [2.75, 3.05) is 25.0 Å². The van der Waals surface area contributed by atoms with Crippen LogP contribution in [0.15, 0.2) is 55.0 Å². The minimum atomic E-state index is -0.661. The quantitative estimate of drug-likeness (QED) is 0.182. The Kier molecular flexibility index (Phi) is 10.7. The lowest BCUT2D eigenvalue weighted by Gasteiger charge is -2.35. The zero-order valence-electron chi connectivity index (χ0n) is 30.8. The smallest absolute Gasteiger partial charge is 0.255 e. The van der Waals surface area contributed by atoms with Gasteiger partial charge in [0.05, 0.1) is 34.5 Å². The number of fused-ring (bicyclic) bond motifs is 1. The van der Waals surface area contributed by atoms with E-state index in [0.717, 1.165) is 70.1 Å². The second-order valence-corrected chi connectivity index (χ2v) is 15.3. The van der Waals surface area contributed by atoms with Crippen molar-refractivity contribution in [2.24, 2.45) is 5.92 Å². The van der Waals surface area contributed by atoms with Gasteiger partial charge in [-0.05, 0) is 114 Å². The lowest BCUT2D eigenvalue weighted by atomic mass is 9.75. The molecule has 278 valence electrons. The highest BCUT2D eigenvalue weighted by molar-refractivity contribution is 6.03. The summed E-state index contributed by atoms with van der Waals surface area (Å²) in [5.74, 6) is 0.956. The van der Waals surface area contributed by atoms with Gasteiger partial charge in [-0.3, -0.25) is 19.7 Å². The Labute approximate surface area is 315 Å². The molecule has 2 atom stereocenters. The predicted octanol–water partition coefficient (Wildman–Crippen LogP) is 5.26. The number of nitriles is 2. The molecule has 3 aliphatic rings. The normalized spacial score (nSPS) is 22.9. The molecule has 3 aromatic heterocycles. The van der Waals surface area contributed by atoms with Gasteiger partial charge in [0.15, 0.2) is 11.5 Å². The molecule has 0 unspecified atom stereocenters. The van der Waals surface area contributed by atoms with Gasteiger partial charge in [0.1, 0.15) is 12.1 Å². The summed E-state index contributed by atoms with van der Waals surface area (Å²) in [6, 6.07) is 15.7. The van der Waals surface area contributed by atoms with E-state index in [-0.39, 0.29) is 23.8 Å². The van der Waals surface area contributed by atoms with Crippen LogP contribution in [0.5, 0.6) is 0 Å². The molecule has 3 N–H and O–H groups in total. The molecule has 4 aromatic rings. The highest BCUT2D eigenvalue weighted by Crippen LogP contribution is 2.35. The number of benzene rings is 1. The fraction of sp³-hybridized carbons (Fsp3) is 0.463. The van der Waals surface area contributed by atoms with Crippen LogP contribution in [-0.2, 0) is 15.0 Å². The number of likely N-dealkylation sites (tertiary alicyclic amines) is 1. The number of nitrogens with zero attached hydrogens (tertiary/aromatic N) is 7. The molecule has 0 spiro atoms. The van der Waals surface area contributed by atoms with Gasteiger partial charge in [-0.2, -0.15) is 20.3 Å². The summed E-state index contributed by atoms with van der Waals surface area (Å²) < 4.78 is 1.55. The van der Waals surface area contributed by atoms with Gasteiger partial charge < -0.3 is 15.5 Å². The number of anilines is 1. The van der Waals surface area contributed by atoms with Crippen LogP contribution < -0.4 is 16.0 Å². The average Bonchev–Trinajstić information content (AvgIpc) is 3.63. The van der Waals surface area contributed by atoms with Crippen LogP contribution in [0.4, 0.5) is 5.69 Å². The van der Waals surface area contributed by atoms with Gasteiger partial charge in [0.2, 0.25) is 11.8 Å². The summed E-state index contributed by atoms with van der Waals surface area (Å²) in [6.07, 6.45) is 12.9. The first-order chi connectivity index (χ1) is 26.1. The SMILES string of the molecule is C[C@H](C#N)Nc1cc(-n2ncc3cc(C#N)cnc32)ncc1C(=O)NC1CCC(CCN2CCC(c3ccc([C@@]4(C)CCC(=O)NC4=O)cc3)CC2)CC1. The average molecular weight is 727 g/mol. The van der Waals surface area contributed by atoms with E-state index in [1.165, 1.54) is 18.0 Å². The fourth-order valence-corrected chi connectivity index (χ4v) is 8.19. The molecule has 54 heavy (non-hydrogen) atoms. The summed E-state index contributed by atoms with van der Waals surface area (Å²) >= 11 is 0. The molecule has 0 bridgehead atoms. The van der Waals surface area contributed by atoms with Crippen LogP contribution >= 0.6 is 0 Å². The van der Waals surface area contributed by atoms with Crippen molar-refractivity contribution in [3.63, 3.8) is 0 Å². The second kappa shape index (κ2) is 15.7. The Hall–Kier alpha value is -5.66. The number of amides is 3. The molecule has 7 rings (SSSR count). The van der Waals surface area contributed by atoms with Crippen LogP contribution in [0.1, 0.15) is 105 Å². The molecule has 5 heterocycles. The van der Waals surface area contributed by atoms with Gasteiger partial charge in [0.25, 0.3) is 5.91 Å². The first-order valence-corrected chi connectivity index (χ1v) is 19.0. The van der Waals surface area contributed by atoms with Gasteiger partial charge in [-0.1, -0.05) is 24.3 Å². The third kappa shape index (κ3) is 7.82. The Balaban J connectivity index is 0.882. The van der Waals surface area contributed by atoms with Gasteiger partial charge in [-0.15, -0.1) is 0 Å². The fourth-order valence-electron chi connectivity index (χ4n) is 8.19. The van der Waals surface area contributed by atoms with E-state index in [9.17, 15) is 24.9 Å². The van der Waals surface area contributed by atoms with E-state index < -0.39 is 11.5 Å². The Morgan fingerprint density at radius 2 is 1.78 bits per heavy atom. The van der Waals surface area contributed by atoms with E-state index in [4.69, 9.17) is 0 Å². The number of carbonyl (C=O) groups excluding carboxylic acids is 3. The van der Waals surface area contributed by atoms with E-state index in [0.29, 0.717) is 58.3 Å².